The summed E-state index contributed by atoms with van der Waals surface area (Å²) in [5, 5.41) is 13.6. The Balaban J connectivity index is 2.14. The number of anilines is 1. The summed E-state index contributed by atoms with van der Waals surface area (Å²) in [6, 6.07) is 14.4. The van der Waals surface area contributed by atoms with Crippen LogP contribution in [0.2, 0.25) is 0 Å². The summed E-state index contributed by atoms with van der Waals surface area (Å²) in [5.74, 6) is -0.0998. The Morgan fingerprint density at radius 3 is 2.00 bits per heavy atom. The first-order chi connectivity index (χ1) is 13.2. The Kier molecular flexibility index (Phi) is 7.25. The van der Waals surface area contributed by atoms with Crippen molar-refractivity contribution < 1.29 is 9.72 Å². The first-order valence-electron chi connectivity index (χ1n) is 9.21. The molecule has 28 heavy (non-hydrogen) atoms. The topological polar surface area (TPSA) is 102 Å². The number of nitro groups is 1. The van der Waals surface area contributed by atoms with Crippen molar-refractivity contribution in [2.45, 2.75) is 33.9 Å². The minimum Gasteiger partial charge on any atom is -0.330 e. The van der Waals surface area contributed by atoms with E-state index in [-0.39, 0.29) is 17.0 Å². The van der Waals surface area contributed by atoms with E-state index in [0.717, 1.165) is 23.4 Å². The van der Waals surface area contributed by atoms with Crippen LogP contribution in [0.3, 0.4) is 0 Å². The number of amides is 1. The normalized spacial score (nSPS) is 11.5. The van der Waals surface area contributed by atoms with Crippen LogP contribution in [-0.2, 0) is 17.9 Å². The Hall–Kier alpha value is -2.77. The molecule has 0 aliphatic rings. The molecule has 0 spiro atoms. The molecule has 0 radical (unpaired) electrons. The highest BCUT2D eigenvalue weighted by Crippen LogP contribution is 2.21. The highest BCUT2D eigenvalue weighted by Gasteiger charge is 2.21. The first-order valence-corrected chi connectivity index (χ1v) is 9.21. The lowest BCUT2D eigenvalue weighted by molar-refractivity contribution is -0.384. The molecule has 2 aromatic carbocycles. The van der Waals surface area contributed by atoms with Crippen LogP contribution in [0.15, 0.2) is 48.5 Å². The molecular weight excluding hydrogens is 356 g/mol. The van der Waals surface area contributed by atoms with Crippen molar-refractivity contribution in [2.24, 2.45) is 11.1 Å². The molecule has 0 bridgehead atoms. The van der Waals surface area contributed by atoms with Crippen molar-refractivity contribution in [2.75, 3.05) is 18.4 Å². The van der Waals surface area contributed by atoms with Crippen LogP contribution in [-0.4, -0.2) is 28.8 Å². The van der Waals surface area contributed by atoms with Gasteiger partial charge in [0.05, 0.1) is 4.92 Å². The number of nitrogens with zero attached hydrogens (tertiary/aromatic N) is 2. The molecule has 0 unspecified atom stereocenters. The van der Waals surface area contributed by atoms with E-state index in [1.165, 1.54) is 19.1 Å². The monoisotopic (exact) mass is 384 g/mol. The van der Waals surface area contributed by atoms with E-state index in [1.807, 2.05) is 24.3 Å². The van der Waals surface area contributed by atoms with Crippen molar-refractivity contribution in [1.82, 2.24) is 4.90 Å². The average molecular weight is 384 g/mol. The Morgan fingerprint density at radius 1 is 1.07 bits per heavy atom. The fraction of sp³-hybridized carbons (Fsp3) is 0.381. The van der Waals surface area contributed by atoms with Crippen LogP contribution in [0.1, 0.15) is 31.9 Å². The molecule has 3 N–H and O–H groups in total. The van der Waals surface area contributed by atoms with Gasteiger partial charge in [0, 0.05) is 44.4 Å². The minimum absolute atomic E-state index is 0.0586. The van der Waals surface area contributed by atoms with E-state index in [2.05, 4.69) is 24.1 Å². The summed E-state index contributed by atoms with van der Waals surface area (Å²) in [6.45, 7) is 8.44. The second-order valence-corrected chi connectivity index (χ2v) is 7.82. The number of nitrogens with two attached hydrogens (primary N) is 1. The van der Waals surface area contributed by atoms with Gasteiger partial charge in [-0.25, -0.2) is 0 Å². The summed E-state index contributed by atoms with van der Waals surface area (Å²) in [5.41, 5.74) is 8.84. The van der Waals surface area contributed by atoms with E-state index < -0.39 is 4.92 Å². The van der Waals surface area contributed by atoms with E-state index >= 15 is 0 Å². The smallest absolute Gasteiger partial charge is 0.269 e. The molecule has 0 saturated carbocycles. The van der Waals surface area contributed by atoms with E-state index in [0.29, 0.717) is 19.6 Å². The predicted octanol–water partition coefficient (Wildman–Crippen LogP) is 3.54. The SMILES string of the molecule is CC(=O)Nc1ccc(CN(Cc2ccc([N+](=O)[O-])cc2)CC(C)(C)CN)cc1. The van der Waals surface area contributed by atoms with Crippen LogP contribution >= 0.6 is 0 Å². The Labute approximate surface area is 165 Å². The second kappa shape index (κ2) is 9.43. The number of carbonyl (C=O) groups is 1. The fourth-order valence-electron chi connectivity index (χ4n) is 2.97. The molecule has 0 atom stereocenters. The lowest BCUT2D eigenvalue weighted by atomic mass is 9.92. The van der Waals surface area contributed by atoms with Gasteiger partial charge in [0.1, 0.15) is 0 Å². The van der Waals surface area contributed by atoms with Gasteiger partial charge in [-0.2, -0.15) is 0 Å². The van der Waals surface area contributed by atoms with Gasteiger partial charge in [0.2, 0.25) is 5.91 Å². The van der Waals surface area contributed by atoms with Crippen molar-refractivity contribution in [3.63, 3.8) is 0 Å². The van der Waals surface area contributed by atoms with Gasteiger partial charge in [0.15, 0.2) is 0 Å². The van der Waals surface area contributed by atoms with Gasteiger partial charge in [-0.1, -0.05) is 38.1 Å². The van der Waals surface area contributed by atoms with Crippen LogP contribution in [0.5, 0.6) is 0 Å². The minimum atomic E-state index is -0.393. The molecule has 1 amide bonds. The molecule has 150 valence electrons. The third-order valence-corrected chi connectivity index (χ3v) is 4.44. The summed E-state index contributed by atoms with van der Waals surface area (Å²) < 4.78 is 0. The largest absolute Gasteiger partial charge is 0.330 e. The van der Waals surface area contributed by atoms with Crippen molar-refractivity contribution in [3.05, 3.63) is 69.8 Å². The Morgan fingerprint density at radius 2 is 1.57 bits per heavy atom. The number of hydrogen-bond acceptors (Lipinski definition) is 5. The van der Waals surface area contributed by atoms with E-state index in [1.54, 1.807) is 12.1 Å². The standard InChI is InChI=1S/C21H28N4O3/c1-16(26)23-19-8-4-17(5-9-19)12-24(15-21(2,3)14-22)13-18-6-10-20(11-7-18)25(27)28/h4-11H,12-15,22H2,1-3H3,(H,23,26). The van der Waals surface area contributed by atoms with E-state index in [9.17, 15) is 14.9 Å². The molecule has 0 aromatic heterocycles. The maximum atomic E-state index is 11.2. The summed E-state index contributed by atoms with van der Waals surface area (Å²) in [7, 11) is 0. The number of hydrogen-bond donors (Lipinski definition) is 2. The van der Waals surface area contributed by atoms with Crippen LogP contribution in [0.25, 0.3) is 0 Å². The van der Waals surface area contributed by atoms with Gasteiger partial charge in [-0.05, 0) is 35.2 Å². The number of non-ortho nitro benzene ring substituents is 1. The third-order valence-electron chi connectivity index (χ3n) is 4.44. The Bertz CT molecular complexity index is 801. The predicted molar refractivity (Wildman–Crippen MR) is 111 cm³/mol. The number of nitrogens with one attached hydrogen (secondary N) is 1. The average Bonchev–Trinajstić information content (AvgIpc) is 2.63. The van der Waals surface area contributed by atoms with Crippen molar-refractivity contribution >= 4 is 17.3 Å². The van der Waals surface area contributed by atoms with Gasteiger partial charge in [0.25, 0.3) is 5.69 Å². The number of carbonyl (C=O) groups excluding carboxylic acids is 1. The van der Waals surface area contributed by atoms with Gasteiger partial charge >= 0.3 is 0 Å². The molecule has 7 heteroatoms. The molecular formula is C21H28N4O3. The summed E-state index contributed by atoms with van der Waals surface area (Å²) >= 11 is 0. The maximum Gasteiger partial charge on any atom is 0.269 e. The lowest BCUT2D eigenvalue weighted by Gasteiger charge is -2.32. The zero-order valence-corrected chi connectivity index (χ0v) is 16.6. The summed E-state index contributed by atoms with van der Waals surface area (Å²) in [6.07, 6.45) is 0. The highest BCUT2D eigenvalue weighted by molar-refractivity contribution is 5.88. The molecule has 0 aliphatic heterocycles. The number of benzene rings is 2. The molecule has 0 saturated heterocycles. The zero-order chi connectivity index (χ0) is 20.7. The molecule has 7 nitrogen and oxygen atoms in total. The van der Waals surface area contributed by atoms with Crippen LogP contribution in [0.4, 0.5) is 11.4 Å². The first kappa shape index (κ1) is 21.5. The van der Waals surface area contributed by atoms with Crippen LogP contribution in [0, 0.1) is 15.5 Å². The number of nitro benzene ring substituents is 1. The molecule has 0 aliphatic carbocycles. The van der Waals surface area contributed by atoms with Gasteiger partial charge in [-0.15, -0.1) is 0 Å². The zero-order valence-electron chi connectivity index (χ0n) is 16.6. The highest BCUT2D eigenvalue weighted by atomic mass is 16.6. The second-order valence-electron chi connectivity index (χ2n) is 7.82. The van der Waals surface area contributed by atoms with Gasteiger partial charge < -0.3 is 11.1 Å². The van der Waals surface area contributed by atoms with Gasteiger partial charge in [-0.3, -0.25) is 19.8 Å². The lowest BCUT2D eigenvalue weighted by Crippen LogP contribution is -2.38. The van der Waals surface area contributed by atoms with E-state index in [4.69, 9.17) is 5.73 Å². The number of rotatable bonds is 9. The van der Waals surface area contributed by atoms with Crippen LogP contribution < -0.4 is 11.1 Å². The molecule has 2 rings (SSSR count). The molecule has 0 fully saturated rings. The molecule has 2 aromatic rings. The molecule has 0 heterocycles. The fourth-order valence-corrected chi connectivity index (χ4v) is 2.97. The maximum absolute atomic E-state index is 11.2. The van der Waals surface area contributed by atoms with Crippen molar-refractivity contribution in [3.8, 4) is 0 Å². The third kappa shape index (κ3) is 6.75. The quantitative estimate of drug-likeness (QED) is 0.509. The summed E-state index contributed by atoms with van der Waals surface area (Å²) in [4.78, 5) is 23.9. The van der Waals surface area contributed by atoms with Crippen molar-refractivity contribution in [1.29, 1.82) is 0 Å².